The zero-order chi connectivity index (χ0) is 11.5. The van der Waals surface area contributed by atoms with E-state index in [9.17, 15) is 9.90 Å². The number of hydrogen-bond acceptors (Lipinski definition) is 2. The summed E-state index contributed by atoms with van der Waals surface area (Å²) in [4.78, 5) is 11.1. The quantitative estimate of drug-likeness (QED) is 0.776. The second-order valence-electron chi connectivity index (χ2n) is 3.68. The molecule has 0 saturated heterocycles. The first-order valence-electron chi connectivity index (χ1n) is 5.07. The number of ketones is 1. The average molecular weight is 212 g/mol. The summed E-state index contributed by atoms with van der Waals surface area (Å²) in [7, 11) is 0. The topological polar surface area (TPSA) is 37.3 Å². The van der Waals surface area contributed by atoms with Crippen LogP contribution in [0.4, 0.5) is 0 Å². The fourth-order valence-corrected chi connectivity index (χ4v) is 1.58. The van der Waals surface area contributed by atoms with Crippen LogP contribution in [0.1, 0.15) is 17.3 Å². The van der Waals surface area contributed by atoms with Crippen LogP contribution in [0.25, 0.3) is 11.1 Å². The van der Waals surface area contributed by atoms with Crippen LogP contribution in [-0.4, -0.2) is 10.9 Å². The largest absolute Gasteiger partial charge is 0.508 e. The first-order valence-corrected chi connectivity index (χ1v) is 5.07. The van der Waals surface area contributed by atoms with Gasteiger partial charge < -0.3 is 5.11 Å². The Kier molecular flexibility index (Phi) is 2.73. The smallest absolute Gasteiger partial charge is 0.159 e. The van der Waals surface area contributed by atoms with Crippen LogP contribution >= 0.6 is 0 Å². The lowest BCUT2D eigenvalue weighted by Crippen LogP contribution is -1.90. The monoisotopic (exact) mass is 212 g/mol. The second-order valence-corrected chi connectivity index (χ2v) is 3.68. The van der Waals surface area contributed by atoms with Crippen LogP contribution in [0.3, 0.4) is 0 Å². The highest BCUT2D eigenvalue weighted by atomic mass is 16.3. The van der Waals surface area contributed by atoms with Crippen molar-refractivity contribution in [2.75, 3.05) is 0 Å². The lowest BCUT2D eigenvalue weighted by Gasteiger charge is -2.03. The predicted molar refractivity (Wildman–Crippen MR) is 63.5 cm³/mol. The zero-order valence-electron chi connectivity index (χ0n) is 8.97. The third-order valence-electron chi connectivity index (χ3n) is 2.47. The van der Waals surface area contributed by atoms with E-state index in [0.29, 0.717) is 5.56 Å². The molecule has 2 nitrogen and oxygen atoms in total. The number of aromatic hydroxyl groups is 1. The molecule has 0 aliphatic carbocycles. The van der Waals surface area contributed by atoms with Crippen molar-refractivity contribution >= 4 is 5.78 Å². The molecule has 1 N–H and O–H groups in total. The molecule has 16 heavy (non-hydrogen) atoms. The van der Waals surface area contributed by atoms with Gasteiger partial charge in [-0.3, -0.25) is 4.79 Å². The molecule has 2 aromatic rings. The molecule has 0 radical (unpaired) electrons. The van der Waals surface area contributed by atoms with Crippen LogP contribution in [0.15, 0.2) is 48.5 Å². The summed E-state index contributed by atoms with van der Waals surface area (Å²) in [6.45, 7) is 1.54. The molecule has 0 spiro atoms. The maximum absolute atomic E-state index is 11.1. The van der Waals surface area contributed by atoms with Gasteiger partial charge in [-0.1, -0.05) is 36.4 Å². The Labute approximate surface area is 94.2 Å². The molecule has 0 heterocycles. The van der Waals surface area contributed by atoms with Crippen molar-refractivity contribution < 1.29 is 9.90 Å². The Morgan fingerprint density at radius 1 is 1.00 bits per heavy atom. The molecular formula is C14H12O2. The first-order chi connectivity index (χ1) is 7.66. The standard InChI is InChI=1S/C14H12O2/c1-10(15)11-5-7-12(8-6-11)13-3-2-4-14(16)9-13/h2-9,16H,1H3. The number of hydrogen-bond donors (Lipinski definition) is 1. The normalized spacial score (nSPS) is 10.1. The van der Waals surface area contributed by atoms with E-state index in [2.05, 4.69) is 0 Å². The zero-order valence-corrected chi connectivity index (χ0v) is 8.97. The highest BCUT2D eigenvalue weighted by Crippen LogP contribution is 2.23. The van der Waals surface area contributed by atoms with Crippen molar-refractivity contribution in [2.24, 2.45) is 0 Å². The summed E-state index contributed by atoms with van der Waals surface area (Å²) < 4.78 is 0. The fraction of sp³-hybridized carbons (Fsp3) is 0.0714. The summed E-state index contributed by atoms with van der Waals surface area (Å²) >= 11 is 0. The van der Waals surface area contributed by atoms with E-state index in [1.807, 2.05) is 18.2 Å². The van der Waals surface area contributed by atoms with Gasteiger partial charge in [0.25, 0.3) is 0 Å². The predicted octanol–water partition coefficient (Wildman–Crippen LogP) is 3.26. The molecule has 0 amide bonds. The van der Waals surface area contributed by atoms with Gasteiger partial charge in [0.15, 0.2) is 5.78 Å². The molecule has 2 rings (SSSR count). The van der Waals surface area contributed by atoms with Gasteiger partial charge in [0.2, 0.25) is 0 Å². The third-order valence-corrected chi connectivity index (χ3v) is 2.47. The molecular weight excluding hydrogens is 200 g/mol. The SMILES string of the molecule is CC(=O)c1ccc(-c2cccc(O)c2)cc1. The van der Waals surface area contributed by atoms with Gasteiger partial charge in [-0.2, -0.15) is 0 Å². The van der Waals surface area contributed by atoms with E-state index in [1.165, 1.54) is 0 Å². The Bertz CT molecular complexity index is 513. The average Bonchev–Trinajstić information content (AvgIpc) is 2.29. The van der Waals surface area contributed by atoms with Crippen molar-refractivity contribution in [1.82, 2.24) is 0 Å². The molecule has 2 heteroatoms. The molecule has 0 bridgehead atoms. The number of rotatable bonds is 2. The van der Waals surface area contributed by atoms with Crippen molar-refractivity contribution in [2.45, 2.75) is 6.92 Å². The van der Waals surface area contributed by atoms with Crippen LogP contribution in [0.2, 0.25) is 0 Å². The first kappa shape index (κ1) is 10.4. The Balaban J connectivity index is 2.38. The van der Waals surface area contributed by atoms with Crippen molar-refractivity contribution in [1.29, 1.82) is 0 Å². The fourth-order valence-electron chi connectivity index (χ4n) is 1.58. The minimum absolute atomic E-state index is 0.0578. The van der Waals surface area contributed by atoms with Crippen molar-refractivity contribution in [3.8, 4) is 16.9 Å². The van der Waals surface area contributed by atoms with Gasteiger partial charge in [0.1, 0.15) is 5.75 Å². The maximum atomic E-state index is 11.1. The van der Waals surface area contributed by atoms with E-state index >= 15 is 0 Å². The Hall–Kier alpha value is -2.09. The number of benzene rings is 2. The van der Waals surface area contributed by atoms with Gasteiger partial charge >= 0.3 is 0 Å². The molecule has 2 aromatic carbocycles. The number of carbonyl (C=O) groups excluding carboxylic acids is 1. The van der Waals surface area contributed by atoms with Gasteiger partial charge in [-0.25, -0.2) is 0 Å². The summed E-state index contributed by atoms with van der Waals surface area (Å²) in [5.41, 5.74) is 2.62. The maximum Gasteiger partial charge on any atom is 0.159 e. The van der Waals surface area contributed by atoms with Crippen LogP contribution < -0.4 is 0 Å². The summed E-state index contributed by atoms with van der Waals surface area (Å²) in [6.07, 6.45) is 0. The highest BCUT2D eigenvalue weighted by molar-refractivity contribution is 5.94. The molecule has 0 atom stereocenters. The van der Waals surface area contributed by atoms with Gasteiger partial charge in [0, 0.05) is 5.56 Å². The summed E-state index contributed by atoms with van der Waals surface area (Å²) in [5.74, 6) is 0.301. The van der Waals surface area contributed by atoms with E-state index in [4.69, 9.17) is 0 Å². The minimum atomic E-state index is 0.0578. The minimum Gasteiger partial charge on any atom is -0.508 e. The molecule has 0 fully saturated rings. The molecule has 0 unspecified atom stereocenters. The lowest BCUT2D eigenvalue weighted by molar-refractivity contribution is 0.101. The summed E-state index contributed by atoms with van der Waals surface area (Å²) in [6, 6.07) is 14.4. The molecule has 80 valence electrons. The third kappa shape index (κ3) is 2.11. The Morgan fingerprint density at radius 2 is 1.69 bits per heavy atom. The van der Waals surface area contributed by atoms with E-state index in [1.54, 1.807) is 37.3 Å². The van der Waals surface area contributed by atoms with E-state index in [-0.39, 0.29) is 11.5 Å². The number of phenols is 1. The van der Waals surface area contributed by atoms with Gasteiger partial charge in [0.05, 0.1) is 0 Å². The van der Waals surface area contributed by atoms with Crippen LogP contribution in [0.5, 0.6) is 5.75 Å². The van der Waals surface area contributed by atoms with Crippen molar-refractivity contribution in [3.63, 3.8) is 0 Å². The van der Waals surface area contributed by atoms with Gasteiger partial charge in [-0.15, -0.1) is 0 Å². The summed E-state index contributed by atoms with van der Waals surface area (Å²) in [5, 5.41) is 9.36. The van der Waals surface area contributed by atoms with E-state index in [0.717, 1.165) is 11.1 Å². The Morgan fingerprint density at radius 3 is 2.25 bits per heavy atom. The van der Waals surface area contributed by atoms with Crippen molar-refractivity contribution in [3.05, 3.63) is 54.1 Å². The molecule has 0 aliphatic rings. The number of Topliss-reactive ketones (excluding diaryl/α,β-unsaturated/α-hetero) is 1. The lowest BCUT2D eigenvalue weighted by atomic mass is 10.0. The second kappa shape index (κ2) is 4.19. The van der Waals surface area contributed by atoms with E-state index < -0.39 is 0 Å². The van der Waals surface area contributed by atoms with Crippen LogP contribution in [0, 0.1) is 0 Å². The molecule has 0 aliphatic heterocycles. The van der Waals surface area contributed by atoms with Crippen LogP contribution in [-0.2, 0) is 0 Å². The highest BCUT2D eigenvalue weighted by Gasteiger charge is 2.01. The number of carbonyl (C=O) groups is 1. The number of phenolic OH excluding ortho intramolecular Hbond substituents is 1. The van der Waals surface area contributed by atoms with Gasteiger partial charge in [-0.05, 0) is 30.2 Å². The molecule has 0 saturated carbocycles. The molecule has 0 aromatic heterocycles.